The van der Waals surface area contributed by atoms with Crippen LogP contribution >= 0.6 is 0 Å². The molecule has 4 saturated heterocycles. The summed E-state index contributed by atoms with van der Waals surface area (Å²) in [5.74, 6) is 0.231. The van der Waals surface area contributed by atoms with Crippen molar-refractivity contribution in [3.05, 3.63) is 162 Å². The normalized spacial score (nSPS) is 22.3. The third-order valence-corrected chi connectivity index (χ3v) is 20.8. The van der Waals surface area contributed by atoms with Crippen molar-refractivity contribution in [2.45, 2.75) is 128 Å². The van der Waals surface area contributed by atoms with Gasteiger partial charge in [0.05, 0.1) is 24.5 Å². The summed E-state index contributed by atoms with van der Waals surface area (Å²) >= 11 is 0. The third-order valence-electron chi connectivity index (χ3n) is 20.8. The van der Waals surface area contributed by atoms with E-state index in [0.717, 1.165) is 138 Å². The van der Waals surface area contributed by atoms with Gasteiger partial charge in [-0.2, -0.15) is 0 Å². The first-order valence-corrected chi connectivity index (χ1v) is 33.6. The third kappa shape index (κ3) is 15.6. The van der Waals surface area contributed by atoms with Gasteiger partial charge in [0.25, 0.3) is 22.9 Å². The van der Waals surface area contributed by atoms with E-state index in [0.29, 0.717) is 73.1 Å². The number of hydrogen-bond donors (Lipinski definition) is 4. The summed E-state index contributed by atoms with van der Waals surface area (Å²) in [7, 11) is 3.72. The lowest BCUT2D eigenvalue weighted by Crippen LogP contribution is -2.61. The highest BCUT2D eigenvalue weighted by Crippen LogP contribution is 2.41. The molecule has 6 aliphatic rings. The molecule has 5 aromatic rings. The first-order chi connectivity index (χ1) is 43.9. The number of amides is 4. The summed E-state index contributed by atoms with van der Waals surface area (Å²) in [5.41, 5.74) is 5.64. The maximum atomic E-state index is 14.4. The molecule has 0 bridgehead atoms. The van der Waals surface area contributed by atoms with Crippen LogP contribution in [0.4, 0.5) is 20.2 Å². The van der Waals surface area contributed by atoms with Crippen molar-refractivity contribution in [3.8, 4) is 0 Å². The quantitative estimate of drug-likeness (QED) is 0.0638. The molecule has 11 rings (SSSR count). The number of hydrogen-bond acceptors (Lipinski definition) is 12. The number of rotatable bonds is 20. The van der Waals surface area contributed by atoms with Gasteiger partial charge in [0.2, 0.25) is 11.8 Å². The number of fused-ring (bicyclic) bond motifs is 2. The number of H-pyrrole nitrogens is 2. The Hall–Kier alpha value is -6.94. The van der Waals surface area contributed by atoms with Crippen LogP contribution in [0.15, 0.2) is 94.5 Å². The van der Waals surface area contributed by atoms with E-state index in [1.807, 2.05) is 36.0 Å². The van der Waals surface area contributed by atoms with Crippen LogP contribution in [0.3, 0.4) is 0 Å². The van der Waals surface area contributed by atoms with Gasteiger partial charge < -0.3 is 50.0 Å². The Morgan fingerprint density at radius 2 is 0.902 bits per heavy atom. The fraction of sp³-hybridized carbons (Fsp3) is 0.556. The molecule has 4 atom stereocenters. The minimum atomic E-state index is -0.428. The number of nitrogens with one attached hydrogen (secondary N) is 4. The second-order valence-corrected chi connectivity index (χ2v) is 29.0. The molecule has 3 aromatic carbocycles. The minimum absolute atomic E-state index is 0.0112. The molecule has 18 nitrogen and oxygen atoms in total. The van der Waals surface area contributed by atoms with E-state index in [4.69, 9.17) is 0 Å². The van der Waals surface area contributed by atoms with Crippen LogP contribution < -0.4 is 31.6 Å². The number of anilines is 2. The lowest BCUT2D eigenvalue weighted by molar-refractivity contribution is -0.121. The SMILES string of the molecule is C[C@@H]1CN(CC(=O)N2CC(C)(C)c3[nH]c(=O)c(Cc4ccc(F)cc4)cc32)[C@@H](CN2CCC(CCN(C)C(=O)c3ccc(C(=O)N(C)CCC4CCN(C[C@H]5CN[C@H](C)CN5CC(=O)N5CC(C)(C)c6[nH]c(=O)c(Cc7ccc(F)cc7)cc65)CC4)cc3)CC2)CN1. The van der Waals surface area contributed by atoms with Gasteiger partial charge in [-0.1, -0.05) is 52.0 Å². The number of nitrogens with zero attached hydrogens (tertiary/aromatic N) is 8. The summed E-state index contributed by atoms with van der Waals surface area (Å²) in [5, 5.41) is 7.31. The van der Waals surface area contributed by atoms with Crippen LogP contribution in [-0.4, -0.2) is 206 Å². The molecule has 0 saturated carbocycles. The van der Waals surface area contributed by atoms with Crippen molar-refractivity contribution in [2.24, 2.45) is 11.8 Å². The van der Waals surface area contributed by atoms with Gasteiger partial charge in [0.15, 0.2) is 0 Å². The Morgan fingerprint density at radius 3 is 1.26 bits per heavy atom. The minimum Gasteiger partial charge on any atom is -0.342 e. The van der Waals surface area contributed by atoms with E-state index in [-0.39, 0.29) is 83.6 Å². The second kappa shape index (κ2) is 28.3. The number of aromatic nitrogens is 2. The van der Waals surface area contributed by atoms with Gasteiger partial charge >= 0.3 is 0 Å². The van der Waals surface area contributed by atoms with E-state index in [1.54, 1.807) is 58.3 Å². The van der Waals surface area contributed by atoms with Gasteiger partial charge in [-0.15, -0.1) is 0 Å². The smallest absolute Gasteiger partial charge is 0.253 e. The molecule has 0 unspecified atom stereocenters. The molecule has 6 aliphatic heterocycles. The van der Waals surface area contributed by atoms with Crippen molar-refractivity contribution >= 4 is 35.0 Å². The molecule has 0 radical (unpaired) electrons. The zero-order chi connectivity index (χ0) is 65.2. The molecule has 0 spiro atoms. The van der Waals surface area contributed by atoms with Gasteiger partial charge in [-0.05, 0) is 162 Å². The molecule has 92 heavy (non-hydrogen) atoms. The van der Waals surface area contributed by atoms with Crippen molar-refractivity contribution in [1.29, 1.82) is 0 Å². The van der Waals surface area contributed by atoms with Crippen LogP contribution in [0.5, 0.6) is 0 Å². The van der Waals surface area contributed by atoms with E-state index in [9.17, 15) is 37.5 Å². The molecule has 8 heterocycles. The summed E-state index contributed by atoms with van der Waals surface area (Å²) in [6.07, 6.45) is 6.63. The van der Waals surface area contributed by atoms with Crippen LogP contribution in [0.25, 0.3) is 0 Å². The highest BCUT2D eigenvalue weighted by Gasteiger charge is 2.43. The van der Waals surface area contributed by atoms with Crippen molar-refractivity contribution in [2.75, 3.05) is 129 Å². The fourth-order valence-electron chi connectivity index (χ4n) is 15.0. The summed E-state index contributed by atoms with van der Waals surface area (Å²) in [4.78, 5) is 106. The Morgan fingerprint density at radius 1 is 0.543 bits per heavy atom. The van der Waals surface area contributed by atoms with Crippen molar-refractivity contribution in [3.63, 3.8) is 0 Å². The first-order valence-electron chi connectivity index (χ1n) is 33.6. The highest BCUT2D eigenvalue weighted by atomic mass is 19.1. The summed E-state index contributed by atoms with van der Waals surface area (Å²) in [6, 6.07) is 23.9. The van der Waals surface area contributed by atoms with E-state index in [2.05, 4.69) is 81.7 Å². The summed E-state index contributed by atoms with van der Waals surface area (Å²) < 4.78 is 27.3. The number of piperazine rings is 2. The van der Waals surface area contributed by atoms with Crippen LogP contribution in [-0.2, 0) is 33.3 Å². The predicted octanol–water partition coefficient (Wildman–Crippen LogP) is 6.84. The number of likely N-dealkylation sites (tertiary alicyclic amines) is 2. The van der Waals surface area contributed by atoms with Crippen molar-refractivity contribution < 1.29 is 28.0 Å². The van der Waals surface area contributed by atoms with Crippen molar-refractivity contribution in [1.82, 2.24) is 50.0 Å². The molecule has 2 aromatic heterocycles. The highest BCUT2D eigenvalue weighted by molar-refractivity contribution is 5.99. The molecular formula is C72H96F2N12O6. The Balaban J connectivity index is 0.592. The van der Waals surface area contributed by atoms with E-state index in [1.165, 1.54) is 24.3 Å². The number of carbonyl (C=O) groups is 4. The van der Waals surface area contributed by atoms with Gasteiger partial charge in [0.1, 0.15) is 11.6 Å². The van der Waals surface area contributed by atoms with E-state index >= 15 is 0 Å². The standard InChI is InChI=1S/C72H96F2N12O6/c1-47-39-83(43-63(87)85-45-71(3,4)65-61(85)35-55(67(89)77-65)33-51-9-17-57(73)18-10-51)59(37-75-47)41-81-29-23-49(24-30-81)21-27-79(7)69(91)53-13-15-54(16-14-53)70(92)80(8)28-22-50-25-31-82(32-26-50)42-60-38-76-48(2)40-84(60)44-64(88)86-46-72(5,6)66-62(86)36-56(68(90)78-66)34-52-11-19-58(74)20-12-52/h9-20,35-36,47-50,59-60,75-76H,21-34,37-46H2,1-8H3,(H,77,89)(H,78,90)/t47-,48-,59-,60-/m1/s1. The largest absolute Gasteiger partial charge is 0.342 e. The second-order valence-electron chi connectivity index (χ2n) is 29.0. The number of piperidine rings is 2. The van der Waals surface area contributed by atoms with Crippen LogP contribution in [0.2, 0.25) is 0 Å². The monoisotopic (exact) mass is 1260 g/mol. The zero-order valence-corrected chi connectivity index (χ0v) is 55.3. The number of aromatic amines is 2. The van der Waals surface area contributed by atoms with Crippen LogP contribution in [0, 0.1) is 23.5 Å². The maximum absolute atomic E-state index is 14.4. The van der Waals surface area contributed by atoms with Gasteiger partial charge in [-0.3, -0.25) is 38.6 Å². The maximum Gasteiger partial charge on any atom is 0.253 e. The average molecular weight is 1260 g/mol. The lowest BCUT2D eigenvalue weighted by Gasteiger charge is -2.43. The molecule has 0 aliphatic carbocycles. The fourth-order valence-corrected chi connectivity index (χ4v) is 15.0. The molecule has 4 N–H and O–H groups in total. The molecule has 4 fully saturated rings. The topological polar surface area (TPSA) is 184 Å². The number of halogens is 2. The lowest BCUT2D eigenvalue weighted by atomic mass is 9.91. The molecule has 20 heteroatoms. The molecule has 4 amide bonds. The number of benzene rings is 3. The number of carbonyl (C=O) groups excluding carboxylic acids is 4. The predicted molar refractivity (Wildman–Crippen MR) is 357 cm³/mol. The Bertz CT molecular complexity index is 3330. The first kappa shape index (κ1) is 66.5. The van der Waals surface area contributed by atoms with E-state index < -0.39 is 10.8 Å². The summed E-state index contributed by atoms with van der Waals surface area (Å²) in [6.45, 7) is 23.9. The number of pyridine rings is 2. The molecular weight excluding hydrogens is 1170 g/mol. The Labute approximate surface area is 541 Å². The van der Waals surface area contributed by atoms with Gasteiger partial charge in [0, 0.05) is 161 Å². The average Bonchev–Trinajstić information content (AvgIpc) is 1.61. The zero-order valence-electron chi connectivity index (χ0n) is 55.3. The molecule has 494 valence electrons. The Kier molecular flexibility index (Phi) is 20.5. The van der Waals surface area contributed by atoms with Gasteiger partial charge in [-0.25, -0.2) is 8.78 Å². The van der Waals surface area contributed by atoms with Crippen LogP contribution in [0.1, 0.15) is 134 Å².